The molecule has 5 aromatic rings. The van der Waals surface area contributed by atoms with E-state index in [9.17, 15) is 5.11 Å². The highest BCUT2D eigenvalue weighted by atomic mass is 79.9. The quantitative estimate of drug-likeness (QED) is 0.420. The van der Waals surface area contributed by atoms with E-state index < -0.39 is 0 Å². The SMILES string of the molecule is Br.Cn1cc(-c2csc(-c3cn(CCO)c4ccccc34)n2)c2cccnc21. The number of benzene rings is 1. The number of para-hydroxylation sites is 1. The van der Waals surface area contributed by atoms with E-state index in [1.165, 1.54) is 0 Å². The summed E-state index contributed by atoms with van der Waals surface area (Å²) < 4.78 is 4.13. The molecule has 5 nitrogen and oxygen atoms in total. The fourth-order valence-electron chi connectivity index (χ4n) is 3.65. The van der Waals surface area contributed by atoms with Crippen LogP contribution in [0, 0.1) is 0 Å². The maximum Gasteiger partial charge on any atom is 0.140 e. The molecule has 28 heavy (non-hydrogen) atoms. The molecule has 0 fully saturated rings. The van der Waals surface area contributed by atoms with Crippen molar-refractivity contribution in [2.45, 2.75) is 6.54 Å². The number of halogens is 1. The number of aliphatic hydroxyl groups is 1. The summed E-state index contributed by atoms with van der Waals surface area (Å²) in [6.45, 7) is 0.692. The van der Waals surface area contributed by atoms with Gasteiger partial charge in [-0.2, -0.15) is 0 Å². The molecule has 4 heterocycles. The van der Waals surface area contributed by atoms with Crippen molar-refractivity contribution >= 4 is 50.3 Å². The first-order chi connectivity index (χ1) is 13.3. The van der Waals surface area contributed by atoms with Gasteiger partial charge >= 0.3 is 0 Å². The minimum absolute atomic E-state index is 0. The van der Waals surface area contributed by atoms with Crippen LogP contribution in [0.4, 0.5) is 0 Å². The molecule has 0 radical (unpaired) electrons. The average Bonchev–Trinajstić information content (AvgIpc) is 3.39. The summed E-state index contributed by atoms with van der Waals surface area (Å²) >= 11 is 1.64. The fourth-order valence-corrected chi connectivity index (χ4v) is 4.49. The van der Waals surface area contributed by atoms with Crippen molar-refractivity contribution in [2.75, 3.05) is 6.61 Å². The molecule has 7 heteroatoms. The van der Waals surface area contributed by atoms with Crippen molar-refractivity contribution in [3.63, 3.8) is 0 Å². The van der Waals surface area contributed by atoms with Crippen molar-refractivity contribution in [1.29, 1.82) is 0 Å². The van der Waals surface area contributed by atoms with Gasteiger partial charge in [-0.3, -0.25) is 0 Å². The van der Waals surface area contributed by atoms with Crippen LogP contribution in [0.1, 0.15) is 0 Å². The molecule has 0 saturated heterocycles. The number of aromatic nitrogens is 4. The molecular formula is C21H19BrN4OS. The predicted molar refractivity (Wildman–Crippen MR) is 120 cm³/mol. The third-order valence-corrected chi connectivity index (χ3v) is 5.75. The molecule has 1 aromatic carbocycles. The summed E-state index contributed by atoms with van der Waals surface area (Å²) in [6.07, 6.45) is 5.99. The summed E-state index contributed by atoms with van der Waals surface area (Å²) in [7, 11) is 2.01. The molecule has 0 unspecified atom stereocenters. The second kappa shape index (κ2) is 7.50. The van der Waals surface area contributed by atoms with Crippen LogP contribution in [0.25, 0.3) is 43.8 Å². The molecule has 0 aliphatic heterocycles. The van der Waals surface area contributed by atoms with Crippen LogP contribution in [0.2, 0.25) is 0 Å². The van der Waals surface area contributed by atoms with E-state index in [0.717, 1.165) is 43.8 Å². The molecule has 0 saturated carbocycles. The molecule has 5 rings (SSSR count). The van der Waals surface area contributed by atoms with Crippen LogP contribution < -0.4 is 0 Å². The topological polar surface area (TPSA) is 55.9 Å². The molecule has 0 bridgehead atoms. The largest absolute Gasteiger partial charge is 0.395 e. The number of hydrogen-bond acceptors (Lipinski definition) is 4. The zero-order chi connectivity index (χ0) is 18.4. The third kappa shape index (κ3) is 2.96. The molecule has 1 N–H and O–H groups in total. The zero-order valence-electron chi connectivity index (χ0n) is 15.2. The van der Waals surface area contributed by atoms with Gasteiger partial charge in [-0.15, -0.1) is 28.3 Å². The predicted octanol–water partition coefficient (Wildman–Crippen LogP) is 4.89. The van der Waals surface area contributed by atoms with E-state index in [-0.39, 0.29) is 23.6 Å². The summed E-state index contributed by atoms with van der Waals surface area (Å²) in [6, 6.07) is 12.3. The Bertz CT molecular complexity index is 1270. The standard InChI is InChI=1S/C21H18N4OS.BrH/c1-24-11-16(15-6-4-8-22-20(15)24)18-13-27-21(23-18)17-12-25(9-10-26)19-7-3-2-5-14(17)19;/h2-8,11-13,26H,9-10H2,1H3;1H. The maximum absolute atomic E-state index is 9.37. The molecule has 0 aliphatic carbocycles. The Balaban J connectivity index is 0.00000192. The summed E-state index contributed by atoms with van der Waals surface area (Å²) in [5.74, 6) is 0. The van der Waals surface area contributed by atoms with Gasteiger partial charge in [0, 0.05) is 65.0 Å². The van der Waals surface area contributed by atoms with E-state index >= 15 is 0 Å². The van der Waals surface area contributed by atoms with Crippen LogP contribution in [0.3, 0.4) is 0 Å². The van der Waals surface area contributed by atoms with Gasteiger partial charge < -0.3 is 14.2 Å². The Morgan fingerprint density at radius 3 is 2.71 bits per heavy atom. The lowest BCUT2D eigenvalue weighted by atomic mass is 10.1. The van der Waals surface area contributed by atoms with Crippen LogP contribution >= 0.6 is 28.3 Å². The lowest BCUT2D eigenvalue weighted by Crippen LogP contribution is -1.99. The average molecular weight is 455 g/mol. The number of nitrogens with zero attached hydrogens (tertiary/aromatic N) is 4. The highest BCUT2D eigenvalue weighted by Crippen LogP contribution is 2.36. The Kier molecular flexibility index (Phi) is 5.05. The van der Waals surface area contributed by atoms with Crippen molar-refractivity contribution in [2.24, 2.45) is 7.05 Å². The minimum atomic E-state index is 0. The van der Waals surface area contributed by atoms with Crippen molar-refractivity contribution in [1.82, 2.24) is 19.1 Å². The first kappa shape index (κ1) is 18.9. The summed E-state index contributed by atoms with van der Waals surface area (Å²) in [5, 5.41) is 14.7. The van der Waals surface area contributed by atoms with Crippen molar-refractivity contribution in [3.05, 3.63) is 60.4 Å². The normalized spacial score (nSPS) is 11.2. The van der Waals surface area contributed by atoms with Gasteiger partial charge in [0.15, 0.2) is 0 Å². The Morgan fingerprint density at radius 1 is 1.04 bits per heavy atom. The number of hydrogen-bond donors (Lipinski definition) is 1. The molecular weight excluding hydrogens is 436 g/mol. The summed E-state index contributed by atoms with van der Waals surface area (Å²) in [5.41, 5.74) is 5.25. The summed E-state index contributed by atoms with van der Waals surface area (Å²) in [4.78, 5) is 9.41. The molecule has 0 aliphatic rings. The lowest BCUT2D eigenvalue weighted by molar-refractivity contribution is 0.278. The highest BCUT2D eigenvalue weighted by molar-refractivity contribution is 8.93. The Morgan fingerprint density at radius 2 is 1.86 bits per heavy atom. The van der Waals surface area contributed by atoms with Crippen LogP contribution in [-0.4, -0.2) is 30.8 Å². The van der Waals surface area contributed by atoms with Crippen molar-refractivity contribution < 1.29 is 5.11 Å². The Hall–Kier alpha value is -2.48. The van der Waals surface area contributed by atoms with Gasteiger partial charge in [0.05, 0.1) is 12.3 Å². The molecule has 0 spiro atoms. The van der Waals surface area contributed by atoms with E-state index in [4.69, 9.17) is 4.98 Å². The maximum atomic E-state index is 9.37. The van der Waals surface area contributed by atoms with E-state index in [0.29, 0.717) is 6.54 Å². The third-order valence-electron chi connectivity index (χ3n) is 4.87. The number of rotatable bonds is 4. The fraction of sp³-hybridized carbons (Fsp3) is 0.143. The van der Waals surface area contributed by atoms with E-state index in [1.807, 2.05) is 36.0 Å². The van der Waals surface area contributed by atoms with Gasteiger partial charge in [-0.25, -0.2) is 9.97 Å². The van der Waals surface area contributed by atoms with Gasteiger partial charge in [0.2, 0.25) is 0 Å². The van der Waals surface area contributed by atoms with E-state index in [1.54, 1.807) is 11.3 Å². The number of fused-ring (bicyclic) bond motifs is 2. The number of aliphatic hydroxyl groups excluding tert-OH is 1. The molecule has 0 atom stereocenters. The highest BCUT2D eigenvalue weighted by Gasteiger charge is 2.16. The minimum Gasteiger partial charge on any atom is -0.395 e. The number of thiazole rings is 1. The monoisotopic (exact) mass is 454 g/mol. The number of aryl methyl sites for hydroxylation is 1. The van der Waals surface area contributed by atoms with Gasteiger partial charge in [-0.1, -0.05) is 18.2 Å². The first-order valence-electron chi connectivity index (χ1n) is 8.81. The van der Waals surface area contributed by atoms with Gasteiger partial charge in [0.25, 0.3) is 0 Å². The van der Waals surface area contributed by atoms with Crippen molar-refractivity contribution in [3.8, 4) is 21.8 Å². The smallest absolute Gasteiger partial charge is 0.140 e. The second-order valence-electron chi connectivity index (χ2n) is 6.54. The van der Waals surface area contributed by atoms with Crippen LogP contribution in [0.15, 0.2) is 60.4 Å². The Labute approximate surface area is 176 Å². The second-order valence-corrected chi connectivity index (χ2v) is 7.40. The molecule has 4 aromatic heterocycles. The zero-order valence-corrected chi connectivity index (χ0v) is 17.8. The van der Waals surface area contributed by atoms with Crippen LogP contribution in [0.5, 0.6) is 0 Å². The van der Waals surface area contributed by atoms with Gasteiger partial charge in [-0.05, 0) is 18.2 Å². The molecule has 142 valence electrons. The first-order valence-corrected chi connectivity index (χ1v) is 9.69. The van der Waals surface area contributed by atoms with Crippen LogP contribution in [-0.2, 0) is 13.6 Å². The van der Waals surface area contributed by atoms with Gasteiger partial charge in [0.1, 0.15) is 10.7 Å². The molecule has 0 amide bonds. The van der Waals surface area contributed by atoms with E-state index in [2.05, 4.69) is 45.5 Å². The number of pyridine rings is 1. The lowest BCUT2D eigenvalue weighted by Gasteiger charge is -2.00.